The van der Waals surface area contributed by atoms with Crippen molar-refractivity contribution in [1.82, 2.24) is 0 Å². The van der Waals surface area contributed by atoms with E-state index in [4.69, 9.17) is 0 Å². The molecule has 1 aromatic carbocycles. The average Bonchev–Trinajstić information content (AvgIpc) is 2.15. The summed E-state index contributed by atoms with van der Waals surface area (Å²) in [7, 11) is 0. The van der Waals surface area contributed by atoms with E-state index in [2.05, 4.69) is 0 Å². The Labute approximate surface area is 89.6 Å². The topological polar surface area (TPSA) is 17.1 Å². The lowest BCUT2D eigenvalue weighted by Crippen LogP contribution is -2.17. The second-order valence-corrected chi connectivity index (χ2v) is 4.50. The molecule has 0 amide bonds. The monoisotopic (exact) mass is 206 g/mol. The minimum Gasteiger partial charge on any atom is -0.294 e. The van der Waals surface area contributed by atoms with Gasteiger partial charge in [0.25, 0.3) is 0 Å². The van der Waals surface area contributed by atoms with Gasteiger partial charge in [-0.3, -0.25) is 4.79 Å². The molecule has 0 aliphatic heterocycles. The van der Waals surface area contributed by atoms with Gasteiger partial charge in [0, 0.05) is 5.41 Å². The van der Waals surface area contributed by atoms with Crippen LogP contribution in [0.4, 0.5) is 4.39 Å². The van der Waals surface area contributed by atoms with E-state index in [1.54, 1.807) is 18.2 Å². The standard InChI is InChI=1S/C13H15FO/c1-13(2,3)12(15)9-6-10-4-7-11(14)8-5-10/h4-9H,1-3H3. The van der Waals surface area contributed by atoms with Gasteiger partial charge in [-0.2, -0.15) is 0 Å². The Balaban J connectivity index is 2.74. The minimum absolute atomic E-state index is 0.0619. The first kappa shape index (κ1) is 11.6. The van der Waals surface area contributed by atoms with Gasteiger partial charge in [-0.1, -0.05) is 39.0 Å². The number of hydrogen-bond donors (Lipinski definition) is 0. The molecule has 0 N–H and O–H groups in total. The van der Waals surface area contributed by atoms with E-state index in [-0.39, 0.29) is 17.0 Å². The van der Waals surface area contributed by atoms with Gasteiger partial charge >= 0.3 is 0 Å². The number of rotatable bonds is 2. The third-order valence-electron chi connectivity index (χ3n) is 2.04. The zero-order valence-electron chi connectivity index (χ0n) is 9.25. The van der Waals surface area contributed by atoms with Crippen LogP contribution in [-0.4, -0.2) is 5.78 Å². The Hall–Kier alpha value is -1.44. The van der Waals surface area contributed by atoms with Crippen LogP contribution >= 0.6 is 0 Å². The summed E-state index contributed by atoms with van der Waals surface area (Å²) in [6.45, 7) is 5.60. The largest absolute Gasteiger partial charge is 0.294 e. The summed E-state index contributed by atoms with van der Waals surface area (Å²) in [5.74, 6) is -0.207. The molecule has 0 saturated carbocycles. The van der Waals surface area contributed by atoms with Crippen LogP contribution in [0.3, 0.4) is 0 Å². The molecule has 15 heavy (non-hydrogen) atoms. The van der Waals surface area contributed by atoms with Gasteiger partial charge in [-0.05, 0) is 23.8 Å². The molecule has 0 saturated heterocycles. The van der Waals surface area contributed by atoms with Crippen LogP contribution in [0.15, 0.2) is 30.3 Å². The summed E-state index contributed by atoms with van der Waals surface area (Å²) in [4.78, 5) is 11.5. The van der Waals surface area contributed by atoms with E-state index in [0.29, 0.717) is 0 Å². The molecule has 0 radical (unpaired) electrons. The van der Waals surface area contributed by atoms with Gasteiger partial charge < -0.3 is 0 Å². The smallest absolute Gasteiger partial charge is 0.161 e. The van der Waals surface area contributed by atoms with Crippen molar-refractivity contribution in [3.63, 3.8) is 0 Å². The molecule has 80 valence electrons. The van der Waals surface area contributed by atoms with Crippen LogP contribution < -0.4 is 0 Å². The van der Waals surface area contributed by atoms with E-state index in [1.807, 2.05) is 20.8 Å². The maximum Gasteiger partial charge on any atom is 0.161 e. The predicted molar refractivity (Wildman–Crippen MR) is 59.9 cm³/mol. The second-order valence-electron chi connectivity index (χ2n) is 4.50. The molecule has 0 spiro atoms. The highest BCUT2D eigenvalue weighted by molar-refractivity contribution is 5.97. The fraction of sp³-hybridized carbons (Fsp3) is 0.308. The molecule has 0 unspecified atom stereocenters. The zero-order chi connectivity index (χ0) is 11.5. The van der Waals surface area contributed by atoms with E-state index < -0.39 is 0 Å². The Morgan fingerprint density at radius 1 is 1.20 bits per heavy atom. The van der Waals surface area contributed by atoms with Crippen molar-refractivity contribution in [2.75, 3.05) is 0 Å². The minimum atomic E-state index is -0.365. The fourth-order valence-corrected chi connectivity index (χ4v) is 0.996. The van der Waals surface area contributed by atoms with Crippen molar-refractivity contribution >= 4 is 11.9 Å². The van der Waals surface area contributed by atoms with Crippen molar-refractivity contribution in [3.05, 3.63) is 41.7 Å². The molecular formula is C13H15FO. The van der Waals surface area contributed by atoms with E-state index in [1.165, 1.54) is 18.2 Å². The van der Waals surface area contributed by atoms with Gasteiger partial charge in [0.1, 0.15) is 5.82 Å². The molecule has 1 rings (SSSR count). The highest BCUT2D eigenvalue weighted by Crippen LogP contribution is 2.16. The molecule has 0 atom stereocenters. The number of hydrogen-bond acceptors (Lipinski definition) is 1. The Morgan fingerprint density at radius 3 is 2.20 bits per heavy atom. The van der Waals surface area contributed by atoms with Crippen LogP contribution in [0.5, 0.6) is 0 Å². The number of halogens is 1. The second kappa shape index (κ2) is 4.39. The molecule has 0 fully saturated rings. The predicted octanol–water partition coefficient (Wildman–Crippen LogP) is 3.45. The molecule has 0 heterocycles. The van der Waals surface area contributed by atoms with Crippen LogP contribution in [0.25, 0.3) is 6.08 Å². The summed E-state index contributed by atoms with van der Waals surface area (Å²) in [6.07, 6.45) is 3.24. The summed E-state index contributed by atoms with van der Waals surface area (Å²) < 4.78 is 12.6. The van der Waals surface area contributed by atoms with Gasteiger partial charge in [0.05, 0.1) is 0 Å². The first-order valence-corrected chi connectivity index (χ1v) is 4.88. The normalized spacial score (nSPS) is 12.0. The van der Waals surface area contributed by atoms with Crippen LogP contribution in [0.2, 0.25) is 0 Å². The van der Waals surface area contributed by atoms with Crippen molar-refractivity contribution in [1.29, 1.82) is 0 Å². The average molecular weight is 206 g/mol. The highest BCUT2D eigenvalue weighted by atomic mass is 19.1. The summed E-state index contributed by atoms with van der Waals surface area (Å²) in [5.41, 5.74) is 0.463. The Bertz CT molecular complexity index is 369. The van der Waals surface area contributed by atoms with Crippen molar-refractivity contribution in [2.24, 2.45) is 5.41 Å². The van der Waals surface area contributed by atoms with Crippen LogP contribution in [0.1, 0.15) is 26.3 Å². The molecule has 1 nitrogen and oxygen atoms in total. The number of carbonyl (C=O) groups excluding carboxylic acids is 1. The van der Waals surface area contributed by atoms with Crippen LogP contribution in [-0.2, 0) is 4.79 Å². The molecule has 0 aliphatic rings. The van der Waals surface area contributed by atoms with Crippen molar-refractivity contribution in [3.8, 4) is 0 Å². The highest BCUT2D eigenvalue weighted by Gasteiger charge is 2.17. The maximum atomic E-state index is 12.6. The number of benzene rings is 1. The Kier molecular flexibility index (Phi) is 3.40. The van der Waals surface area contributed by atoms with E-state index in [0.717, 1.165) is 5.56 Å². The number of carbonyl (C=O) groups is 1. The van der Waals surface area contributed by atoms with Crippen LogP contribution in [0, 0.1) is 11.2 Å². The summed E-state index contributed by atoms with van der Waals surface area (Å²) in [5, 5.41) is 0. The molecule has 2 heteroatoms. The molecular weight excluding hydrogens is 191 g/mol. The third-order valence-corrected chi connectivity index (χ3v) is 2.04. The molecule has 1 aromatic rings. The van der Waals surface area contributed by atoms with Gasteiger partial charge in [0.15, 0.2) is 5.78 Å². The van der Waals surface area contributed by atoms with Gasteiger partial charge in [-0.25, -0.2) is 4.39 Å². The lowest BCUT2D eigenvalue weighted by atomic mass is 9.90. The number of allylic oxidation sites excluding steroid dienone is 1. The third kappa shape index (κ3) is 3.66. The first-order valence-electron chi connectivity index (χ1n) is 4.88. The lowest BCUT2D eigenvalue weighted by Gasteiger charge is -2.12. The Morgan fingerprint density at radius 2 is 1.73 bits per heavy atom. The van der Waals surface area contributed by atoms with Crippen molar-refractivity contribution in [2.45, 2.75) is 20.8 Å². The summed E-state index contributed by atoms with van der Waals surface area (Å²) >= 11 is 0. The fourth-order valence-electron chi connectivity index (χ4n) is 0.996. The first-order chi connectivity index (χ1) is 6.89. The molecule has 0 aromatic heterocycles. The van der Waals surface area contributed by atoms with Gasteiger partial charge in [0.2, 0.25) is 0 Å². The number of ketones is 1. The van der Waals surface area contributed by atoms with E-state index in [9.17, 15) is 9.18 Å². The van der Waals surface area contributed by atoms with Crippen molar-refractivity contribution < 1.29 is 9.18 Å². The quantitative estimate of drug-likeness (QED) is 0.677. The lowest BCUT2D eigenvalue weighted by molar-refractivity contribution is -0.121. The van der Waals surface area contributed by atoms with Gasteiger partial charge in [-0.15, -0.1) is 0 Å². The SMILES string of the molecule is CC(C)(C)C(=O)C=Cc1ccc(F)cc1. The molecule has 0 bridgehead atoms. The zero-order valence-corrected chi connectivity index (χ0v) is 9.25. The summed E-state index contributed by atoms with van der Waals surface area (Å²) in [6, 6.07) is 6.03. The van der Waals surface area contributed by atoms with E-state index >= 15 is 0 Å². The maximum absolute atomic E-state index is 12.6. The molecule has 0 aliphatic carbocycles.